The average molecular weight is 312 g/mol. The highest BCUT2D eigenvalue weighted by molar-refractivity contribution is 7.21. The van der Waals surface area contributed by atoms with Gasteiger partial charge >= 0.3 is 6.03 Å². The number of fused-ring (bicyclic) bond motifs is 1. The van der Waals surface area contributed by atoms with Crippen molar-refractivity contribution in [3.63, 3.8) is 0 Å². The van der Waals surface area contributed by atoms with Crippen LogP contribution in [0.1, 0.15) is 17.3 Å². The summed E-state index contributed by atoms with van der Waals surface area (Å²) in [5.74, 6) is 0.00534. The zero-order valence-electron chi connectivity index (χ0n) is 11.7. The molecular weight excluding hydrogens is 300 g/mol. The van der Waals surface area contributed by atoms with Gasteiger partial charge in [0.05, 0.1) is 22.1 Å². The van der Waals surface area contributed by atoms with E-state index in [0.717, 1.165) is 20.8 Å². The van der Waals surface area contributed by atoms with Crippen LogP contribution in [0.2, 0.25) is 0 Å². The Morgan fingerprint density at radius 2 is 2.05 bits per heavy atom. The molecule has 110 valence electrons. The third-order valence-electron chi connectivity index (χ3n) is 3.05. The van der Waals surface area contributed by atoms with Gasteiger partial charge in [0.15, 0.2) is 5.78 Å². The van der Waals surface area contributed by atoms with Gasteiger partial charge in [-0.15, -0.1) is 11.3 Å². The number of primary amides is 1. The third kappa shape index (κ3) is 2.79. The second-order valence-electron chi connectivity index (χ2n) is 4.71. The van der Waals surface area contributed by atoms with Crippen molar-refractivity contribution < 1.29 is 9.59 Å². The molecule has 1 aromatic carbocycles. The molecule has 0 aliphatic carbocycles. The molecule has 0 fully saturated rings. The molecule has 7 heteroatoms. The Labute approximate surface area is 130 Å². The molecule has 2 aromatic heterocycles. The minimum absolute atomic E-state index is 0.00534. The van der Waals surface area contributed by atoms with Gasteiger partial charge in [-0.1, -0.05) is 0 Å². The lowest BCUT2D eigenvalue weighted by Gasteiger charge is -2.02. The standard InChI is InChI=1S/C15H12N4O2S/c1-8(20)9-2-3-13-12(5-9)19-14(22-13)10-4-11(7-17-6-10)18-15(16)21/h2-7H,1H3,(H3,16,18,21). The predicted octanol–water partition coefficient (Wildman–Crippen LogP) is 3.05. The molecule has 3 rings (SSSR count). The third-order valence-corrected chi connectivity index (χ3v) is 4.13. The number of Topliss-reactive ketones (excluding diaryl/α,β-unsaturated/α-hetero) is 1. The van der Waals surface area contributed by atoms with E-state index in [2.05, 4.69) is 15.3 Å². The van der Waals surface area contributed by atoms with E-state index in [0.29, 0.717) is 11.3 Å². The van der Waals surface area contributed by atoms with Gasteiger partial charge in [-0.2, -0.15) is 0 Å². The van der Waals surface area contributed by atoms with Crippen LogP contribution in [0.25, 0.3) is 20.8 Å². The molecule has 6 nitrogen and oxygen atoms in total. The minimum atomic E-state index is -0.644. The molecule has 0 saturated carbocycles. The first kappa shape index (κ1) is 14.2. The van der Waals surface area contributed by atoms with Crippen molar-refractivity contribution >= 4 is 39.1 Å². The maximum Gasteiger partial charge on any atom is 0.316 e. The highest BCUT2D eigenvalue weighted by Gasteiger charge is 2.10. The van der Waals surface area contributed by atoms with Gasteiger partial charge in [0.1, 0.15) is 5.01 Å². The van der Waals surface area contributed by atoms with Gasteiger partial charge in [-0.3, -0.25) is 9.78 Å². The Morgan fingerprint density at radius 1 is 1.23 bits per heavy atom. The van der Waals surface area contributed by atoms with Crippen LogP contribution in [0.5, 0.6) is 0 Å². The largest absolute Gasteiger partial charge is 0.351 e. The smallest absolute Gasteiger partial charge is 0.316 e. The number of hydrogen-bond donors (Lipinski definition) is 2. The van der Waals surface area contributed by atoms with E-state index in [1.165, 1.54) is 24.5 Å². The number of pyridine rings is 1. The van der Waals surface area contributed by atoms with Crippen LogP contribution in [0.3, 0.4) is 0 Å². The maximum atomic E-state index is 11.4. The molecule has 0 aliphatic rings. The van der Waals surface area contributed by atoms with Crippen molar-refractivity contribution in [3.8, 4) is 10.6 Å². The van der Waals surface area contributed by atoms with Gasteiger partial charge in [0, 0.05) is 17.3 Å². The molecule has 2 amide bonds. The summed E-state index contributed by atoms with van der Waals surface area (Å²) in [6.45, 7) is 1.53. The fourth-order valence-electron chi connectivity index (χ4n) is 2.04. The predicted molar refractivity (Wildman–Crippen MR) is 86.1 cm³/mol. The summed E-state index contributed by atoms with van der Waals surface area (Å²) >= 11 is 1.49. The van der Waals surface area contributed by atoms with Gasteiger partial charge < -0.3 is 11.1 Å². The van der Waals surface area contributed by atoms with Crippen LogP contribution in [-0.2, 0) is 0 Å². The van der Waals surface area contributed by atoms with Crippen molar-refractivity contribution in [2.75, 3.05) is 5.32 Å². The summed E-state index contributed by atoms with van der Waals surface area (Å²) < 4.78 is 0.980. The van der Waals surface area contributed by atoms with Gasteiger partial charge in [-0.25, -0.2) is 9.78 Å². The zero-order valence-corrected chi connectivity index (χ0v) is 12.5. The van der Waals surface area contributed by atoms with Crippen molar-refractivity contribution in [2.45, 2.75) is 6.92 Å². The van der Waals surface area contributed by atoms with Crippen LogP contribution in [-0.4, -0.2) is 21.8 Å². The lowest BCUT2D eigenvalue weighted by molar-refractivity contribution is 0.101. The number of aromatic nitrogens is 2. The normalized spacial score (nSPS) is 10.6. The van der Waals surface area contributed by atoms with E-state index >= 15 is 0 Å². The summed E-state index contributed by atoms with van der Waals surface area (Å²) in [6, 6.07) is 6.55. The zero-order chi connectivity index (χ0) is 15.7. The van der Waals surface area contributed by atoms with Crippen LogP contribution in [0.4, 0.5) is 10.5 Å². The molecule has 0 saturated heterocycles. The molecule has 0 spiro atoms. The number of nitrogens with zero attached hydrogens (tertiary/aromatic N) is 2. The molecule has 0 atom stereocenters. The summed E-state index contributed by atoms with van der Waals surface area (Å²) in [7, 11) is 0. The molecule has 3 aromatic rings. The maximum absolute atomic E-state index is 11.4. The molecular formula is C15H12N4O2S. The monoisotopic (exact) mass is 312 g/mol. The molecule has 0 radical (unpaired) electrons. The number of anilines is 1. The van der Waals surface area contributed by atoms with E-state index in [-0.39, 0.29) is 5.78 Å². The second-order valence-corrected chi connectivity index (χ2v) is 5.74. The van der Waals surface area contributed by atoms with E-state index < -0.39 is 6.03 Å². The Hall–Kier alpha value is -2.80. The Bertz CT molecular complexity index is 888. The van der Waals surface area contributed by atoms with Crippen molar-refractivity contribution in [2.24, 2.45) is 5.73 Å². The molecule has 0 unspecified atom stereocenters. The van der Waals surface area contributed by atoms with Gasteiger partial charge in [-0.05, 0) is 31.2 Å². The Balaban J connectivity index is 2.03. The van der Waals surface area contributed by atoms with Crippen LogP contribution in [0, 0.1) is 0 Å². The highest BCUT2D eigenvalue weighted by atomic mass is 32.1. The molecule has 2 heterocycles. The van der Waals surface area contributed by atoms with Crippen molar-refractivity contribution in [3.05, 3.63) is 42.2 Å². The molecule has 22 heavy (non-hydrogen) atoms. The number of thiazole rings is 1. The Morgan fingerprint density at radius 3 is 2.77 bits per heavy atom. The number of nitrogens with two attached hydrogens (primary N) is 1. The van der Waals surface area contributed by atoms with Crippen LogP contribution in [0.15, 0.2) is 36.7 Å². The summed E-state index contributed by atoms with van der Waals surface area (Å²) in [5.41, 5.74) is 7.78. The number of carbonyl (C=O) groups excluding carboxylic acids is 2. The number of urea groups is 1. The van der Waals surface area contributed by atoms with E-state index in [1.54, 1.807) is 24.4 Å². The first-order valence-electron chi connectivity index (χ1n) is 6.46. The summed E-state index contributed by atoms with van der Waals surface area (Å²) in [6.07, 6.45) is 3.17. The fraction of sp³-hybridized carbons (Fsp3) is 0.0667. The average Bonchev–Trinajstić information content (AvgIpc) is 2.89. The fourth-order valence-corrected chi connectivity index (χ4v) is 2.96. The lowest BCUT2D eigenvalue weighted by atomic mass is 10.1. The van der Waals surface area contributed by atoms with E-state index in [4.69, 9.17) is 5.73 Å². The number of hydrogen-bond acceptors (Lipinski definition) is 5. The molecule has 3 N–H and O–H groups in total. The lowest BCUT2D eigenvalue weighted by Crippen LogP contribution is -2.19. The first-order valence-corrected chi connectivity index (χ1v) is 7.28. The van der Waals surface area contributed by atoms with Crippen molar-refractivity contribution in [1.82, 2.24) is 9.97 Å². The minimum Gasteiger partial charge on any atom is -0.351 e. The second kappa shape index (κ2) is 5.53. The highest BCUT2D eigenvalue weighted by Crippen LogP contribution is 2.31. The molecule has 0 bridgehead atoms. The number of rotatable bonds is 3. The van der Waals surface area contributed by atoms with Crippen LogP contribution < -0.4 is 11.1 Å². The number of carbonyl (C=O) groups is 2. The number of nitrogens with one attached hydrogen (secondary N) is 1. The van der Waals surface area contributed by atoms with Gasteiger partial charge in [0.25, 0.3) is 0 Å². The van der Waals surface area contributed by atoms with Crippen molar-refractivity contribution in [1.29, 1.82) is 0 Å². The number of benzene rings is 1. The summed E-state index contributed by atoms with van der Waals surface area (Å²) in [4.78, 5) is 30.9. The Kier molecular flexibility index (Phi) is 3.56. The first-order chi connectivity index (χ1) is 10.5. The van der Waals surface area contributed by atoms with Gasteiger partial charge in [0.2, 0.25) is 0 Å². The summed E-state index contributed by atoms with van der Waals surface area (Å²) in [5, 5.41) is 3.24. The number of amides is 2. The van der Waals surface area contributed by atoms with Crippen LogP contribution >= 0.6 is 11.3 Å². The SMILES string of the molecule is CC(=O)c1ccc2sc(-c3cncc(NC(N)=O)c3)nc2c1. The topological polar surface area (TPSA) is 98.0 Å². The quantitative estimate of drug-likeness (QED) is 0.726. The van der Waals surface area contributed by atoms with E-state index in [1.807, 2.05) is 6.07 Å². The molecule has 0 aliphatic heterocycles. The number of ketones is 1. The van der Waals surface area contributed by atoms with E-state index in [9.17, 15) is 9.59 Å².